The Bertz CT molecular complexity index is 475. The van der Waals surface area contributed by atoms with Crippen LogP contribution in [-0.4, -0.2) is 52.4 Å². The lowest BCUT2D eigenvalue weighted by Crippen LogP contribution is -2.43. The van der Waals surface area contributed by atoms with Gasteiger partial charge in [-0.2, -0.15) is 13.2 Å². The summed E-state index contributed by atoms with van der Waals surface area (Å²) in [7, 11) is 0. The zero-order chi connectivity index (χ0) is 16.7. The van der Waals surface area contributed by atoms with Gasteiger partial charge in [-0.05, 0) is 18.2 Å². The molecule has 2 fully saturated rings. The van der Waals surface area contributed by atoms with Gasteiger partial charge in [-0.15, -0.1) is 0 Å². The second-order valence-electron chi connectivity index (χ2n) is 5.43. The van der Waals surface area contributed by atoms with Gasteiger partial charge >= 0.3 is 6.18 Å². The normalized spacial score (nSPS) is 19.0. The lowest BCUT2D eigenvalue weighted by molar-refractivity contribution is -0.137. The van der Waals surface area contributed by atoms with Gasteiger partial charge in [-0.25, -0.2) is 0 Å². The first kappa shape index (κ1) is 18.5. The number of hydrogen-bond donors (Lipinski definition) is 3. The third kappa shape index (κ3) is 6.29. The molecule has 8 heteroatoms. The minimum Gasteiger partial charge on any atom is -0.369 e. The average Bonchev–Trinajstić information content (AvgIpc) is 2.56. The topological polar surface area (TPSA) is 39.3 Å². The first-order chi connectivity index (χ1) is 11.0. The molecule has 0 amide bonds. The van der Waals surface area contributed by atoms with Crippen LogP contribution in [0.5, 0.6) is 0 Å². The van der Waals surface area contributed by atoms with Crippen molar-refractivity contribution in [2.24, 2.45) is 0 Å². The fraction of sp³-hybridized carbons (Fsp3) is 0.600. The molecule has 23 heavy (non-hydrogen) atoms. The van der Waals surface area contributed by atoms with Crippen molar-refractivity contribution in [1.29, 1.82) is 0 Å². The average molecular weight is 395 g/mol. The first-order valence-corrected chi connectivity index (χ1v) is 8.51. The molecule has 0 atom stereocenters. The van der Waals surface area contributed by atoms with Crippen molar-refractivity contribution in [3.63, 3.8) is 0 Å². The minimum absolute atomic E-state index is 0.459. The molecular weight excluding hydrogens is 373 g/mol. The highest BCUT2D eigenvalue weighted by Gasteiger charge is 2.31. The van der Waals surface area contributed by atoms with Gasteiger partial charge in [0.25, 0.3) is 0 Å². The van der Waals surface area contributed by atoms with Gasteiger partial charge in [0.15, 0.2) is 0 Å². The third-order valence-corrected chi connectivity index (χ3v) is 4.11. The van der Waals surface area contributed by atoms with Gasteiger partial charge in [0.1, 0.15) is 0 Å². The summed E-state index contributed by atoms with van der Waals surface area (Å²) in [5.74, 6) is 0. The summed E-state index contributed by atoms with van der Waals surface area (Å²) >= 11 is 3.13. The Labute approximate surface area is 142 Å². The van der Waals surface area contributed by atoms with Crippen LogP contribution in [0.3, 0.4) is 0 Å². The van der Waals surface area contributed by atoms with Crippen LogP contribution in [0, 0.1) is 0 Å². The number of nitrogens with zero attached hydrogens (tertiary/aromatic N) is 1. The highest BCUT2D eigenvalue weighted by molar-refractivity contribution is 9.10. The molecule has 3 N–H and O–H groups in total. The van der Waals surface area contributed by atoms with Gasteiger partial charge in [-0.1, -0.05) is 15.9 Å². The molecule has 0 radical (unpaired) electrons. The van der Waals surface area contributed by atoms with Crippen molar-refractivity contribution in [3.05, 3.63) is 28.2 Å². The van der Waals surface area contributed by atoms with Gasteiger partial charge in [-0.3, -0.25) is 0 Å². The van der Waals surface area contributed by atoms with E-state index in [0.29, 0.717) is 10.2 Å². The number of rotatable bonds is 1. The van der Waals surface area contributed by atoms with E-state index < -0.39 is 11.7 Å². The molecule has 0 aromatic heterocycles. The number of anilines is 1. The Morgan fingerprint density at radius 3 is 1.83 bits per heavy atom. The van der Waals surface area contributed by atoms with Crippen molar-refractivity contribution in [3.8, 4) is 0 Å². The summed E-state index contributed by atoms with van der Waals surface area (Å²) in [6.07, 6.45) is -4.30. The Kier molecular flexibility index (Phi) is 7.13. The molecule has 0 aliphatic carbocycles. The molecule has 3 rings (SSSR count). The van der Waals surface area contributed by atoms with Crippen molar-refractivity contribution in [2.75, 3.05) is 57.3 Å². The Balaban J connectivity index is 0.000000268. The molecule has 0 saturated carbocycles. The largest absolute Gasteiger partial charge is 0.416 e. The first-order valence-electron chi connectivity index (χ1n) is 7.72. The third-order valence-electron chi connectivity index (χ3n) is 3.65. The maximum atomic E-state index is 12.7. The molecule has 0 spiro atoms. The molecule has 2 aliphatic heterocycles. The number of nitrogens with one attached hydrogen (secondary N) is 3. The van der Waals surface area contributed by atoms with Crippen molar-refractivity contribution in [1.82, 2.24) is 16.0 Å². The summed E-state index contributed by atoms with van der Waals surface area (Å²) < 4.78 is 38.4. The molecule has 0 unspecified atom stereocenters. The van der Waals surface area contributed by atoms with Crippen LogP contribution in [0.4, 0.5) is 18.9 Å². The zero-order valence-corrected chi connectivity index (χ0v) is 14.4. The van der Waals surface area contributed by atoms with Crippen LogP contribution in [0.25, 0.3) is 0 Å². The number of benzene rings is 1. The van der Waals surface area contributed by atoms with Crippen LogP contribution in [0.2, 0.25) is 0 Å². The van der Waals surface area contributed by atoms with Crippen LogP contribution < -0.4 is 20.9 Å². The zero-order valence-electron chi connectivity index (χ0n) is 12.8. The summed E-state index contributed by atoms with van der Waals surface area (Å²) in [6.45, 7) is 7.61. The van der Waals surface area contributed by atoms with Gasteiger partial charge in [0, 0.05) is 62.5 Å². The predicted molar refractivity (Wildman–Crippen MR) is 90.0 cm³/mol. The van der Waals surface area contributed by atoms with E-state index in [-0.39, 0.29) is 0 Å². The number of halogens is 4. The van der Waals surface area contributed by atoms with Crippen LogP contribution in [-0.2, 0) is 6.18 Å². The Morgan fingerprint density at radius 1 is 0.826 bits per heavy atom. The maximum Gasteiger partial charge on any atom is 0.416 e. The standard InChI is InChI=1S/C11H12BrF3N2.C4H10N2/c12-9-5-8(11(13,14)15)6-10(7-9)17-3-1-16-2-4-17;1-2-6-4-3-5-1/h5-7,16H,1-4H2;5-6H,1-4H2. The van der Waals surface area contributed by atoms with Crippen molar-refractivity contribution >= 4 is 21.6 Å². The maximum absolute atomic E-state index is 12.7. The Hall–Kier alpha value is -0.830. The van der Waals surface area contributed by atoms with Gasteiger partial charge < -0.3 is 20.9 Å². The monoisotopic (exact) mass is 394 g/mol. The predicted octanol–water partition coefficient (Wildman–Crippen LogP) is 2.06. The van der Waals surface area contributed by atoms with Gasteiger partial charge in [0.05, 0.1) is 5.56 Å². The van der Waals surface area contributed by atoms with E-state index in [9.17, 15) is 13.2 Å². The fourth-order valence-electron chi connectivity index (χ4n) is 2.45. The molecule has 1 aromatic rings. The highest BCUT2D eigenvalue weighted by atomic mass is 79.9. The molecular formula is C15H22BrF3N4. The van der Waals surface area contributed by atoms with E-state index in [1.165, 1.54) is 6.07 Å². The molecule has 0 bridgehead atoms. The van der Waals surface area contributed by atoms with E-state index in [4.69, 9.17) is 0 Å². The quantitative estimate of drug-likeness (QED) is 0.681. The SMILES string of the molecule is C1CNCCN1.FC(F)(F)c1cc(Br)cc(N2CCNCC2)c1. The van der Waals surface area contributed by atoms with E-state index in [2.05, 4.69) is 31.9 Å². The van der Waals surface area contributed by atoms with E-state index in [1.54, 1.807) is 6.07 Å². The summed E-state index contributed by atoms with van der Waals surface area (Å²) in [4.78, 5) is 1.95. The molecule has 1 aromatic carbocycles. The second-order valence-corrected chi connectivity index (χ2v) is 6.35. The molecule has 2 saturated heterocycles. The summed E-state index contributed by atoms with van der Waals surface area (Å²) in [5, 5.41) is 9.61. The Morgan fingerprint density at radius 2 is 1.35 bits per heavy atom. The second kappa shape index (κ2) is 8.86. The van der Waals surface area contributed by atoms with E-state index in [1.807, 2.05) is 4.90 Å². The lowest BCUT2D eigenvalue weighted by Gasteiger charge is -2.30. The summed E-state index contributed by atoms with van der Waals surface area (Å²) in [6, 6.07) is 4.03. The minimum atomic E-state index is -4.30. The molecule has 130 valence electrons. The fourth-order valence-corrected chi connectivity index (χ4v) is 2.93. The van der Waals surface area contributed by atoms with Crippen molar-refractivity contribution in [2.45, 2.75) is 6.18 Å². The van der Waals surface area contributed by atoms with Gasteiger partial charge in [0.2, 0.25) is 0 Å². The number of hydrogen-bond acceptors (Lipinski definition) is 4. The number of alkyl halides is 3. The summed E-state index contributed by atoms with van der Waals surface area (Å²) in [5.41, 5.74) is 0.00797. The number of piperazine rings is 2. The van der Waals surface area contributed by atoms with Crippen LogP contribution in [0.1, 0.15) is 5.56 Å². The van der Waals surface area contributed by atoms with E-state index >= 15 is 0 Å². The molecule has 4 nitrogen and oxygen atoms in total. The molecule has 2 aliphatic rings. The molecule has 2 heterocycles. The smallest absolute Gasteiger partial charge is 0.369 e. The van der Waals surface area contributed by atoms with Crippen LogP contribution >= 0.6 is 15.9 Å². The van der Waals surface area contributed by atoms with Crippen molar-refractivity contribution < 1.29 is 13.2 Å². The lowest BCUT2D eigenvalue weighted by atomic mass is 10.1. The van der Waals surface area contributed by atoms with E-state index in [0.717, 1.165) is 58.4 Å². The van der Waals surface area contributed by atoms with Crippen LogP contribution in [0.15, 0.2) is 22.7 Å². The highest BCUT2D eigenvalue weighted by Crippen LogP contribution is 2.34.